The number of hydrogen-bond donors (Lipinski definition) is 2. The van der Waals surface area contributed by atoms with E-state index in [1.807, 2.05) is 0 Å². The van der Waals surface area contributed by atoms with Crippen molar-refractivity contribution >= 4 is 0 Å². The van der Waals surface area contributed by atoms with Gasteiger partial charge in [0, 0.05) is 19.8 Å². The van der Waals surface area contributed by atoms with Crippen molar-refractivity contribution in [1.29, 1.82) is 0 Å². The van der Waals surface area contributed by atoms with Gasteiger partial charge < -0.3 is 15.6 Å². The van der Waals surface area contributed by atoms with Crippen LogP contribution in [0.4, 0.5) is 0 Å². The Morgan fingerprint density at radius 2 is 2.13 bits per heavy atom. The van der Waals surface area contributed by atoms with Gasteiger partial charge in [0.25, 0.3) is 0 Å². The van der Waals surface area contributed by atoms with Gasteiger partial charge in [-0.3, -0.25) is 0 Å². The zero-order valence-electron chi connectivity index (χ0n) is 10.3. The van der Waals surface area contributed by atoms with E-state index in [-0.39, 0.29) is 12.2 Å². The minimum atomic E-state index is -0.154. The molecule has 3 nitrogen and oxygen atoms in total. The Morgan fingerprint density at radius 3 is 2.53 bits per heavy atom. The summed E-state index contributed by atoms with van der Waals surface area (Å²) in [6, 6.07) is 0. The van der Waals surface area contributed by atoms with E-state index in [4.69, 9.17) is 15.6 Å². The molecule has 90 valence electrons. The van der Waals surface area contributed by atoms with E-state index in [0.29, 0.717) is 30.9 Å². The largest absolute Gasteiger partial charge is 0.396 e. The topological polar surface area (TPSA) is 55.5 Å². The smallest absolute Gasteiger partial charge is 0.0834 e. The van der Waals surface area contributed by atoms with Gasteiger partial charge in [-0.25, -0.2) is 0 Å². The maximum Gasteiger partial charge on any atom is 0.0834 e. The molecule has 1 aliphatic carbocycles. The lowest BCUT2D eigenvalue weighted by molar-refractivity contribution is -0.0681. The third-order valence-electron chi connectivity index (χ3n) is 3.57. The van der Waals surface area contributed by atoms with Crippen molar-refractivity contribution in [2.24, 2.45) is 17.1 Å². The van der Waals surface area contributed by atoms with Crippen molar-refractivity contribution in [3.63, 3.8) is 0 Å². The number of nitrogens with two attached hydrogens (primary N) is 1. The molecule has 0 aliphatic heterocycles. The second kappa shape index (κ2) is 4.81. The summed E-state index contributed by atoms with van der Waals surface area (Å²) < 4.78 is 5.94. The molecule has 0 spiro atoms. The third-order valence-corrected chi connectivity index (χ3v) is 3.57. The van der Waals surface area contributed by atoms with Crippen molar-refractivity contribution in [2.45, 2.75) is 45.6 Å². The Labute approximate surface area is 93.0 Å². The van der Waals surface area contributed by atoms with E-state index >= 15 is 0 Å². The van der Waals surface area contributed by atoms with Crippen LogP contribution in [0.1, 0.15) is 40.0 Å². The minimum Gasteiger partial charge on any atom is -0.396 e. The fraction of sp³-hybridized carbons (Fsp3) is 1.00. The second-order valence-corrected chi connectivity index (χ2v) is 5.64. The van der Waals surface area contributed by atoms with Crippen LogP contribution in [0.25, 0.3) is 0 Å². The van der Waals surface area contributed by atoms with Crippen molar-refractivity contribution in [3.05, 3.63) is 0 Å². The highest BCUT2D eigenvalue weighted by Crippen LogP contribution is 2.48. The van der Waals surface area contributed by atoms with Crippen LogP contribution in [-0.4, -0.2) is 30.5 Å². The maximum absolute atomic E-state index is 8.75. The van der Waals surface area contributed by atoms with Gasteiger partial charge in [-0.2, -0.15) is 0 Å². The Hall–Kier alpha value is -0.120. The Morgan fingerprint density at radius 1 is 1.47 bits per heavy atom. The fourth-order valence-corrected chi connectivity index (χ4v) is 2.94. The molecule has 0 heterocycles. The second-order valence-electron chi connectivity index (χ2n) is 5.64. The lowest BCUT2D eigenvalue weighted by atomic mass is 9.89. The third kappa shape index (κ3) is 2.92. The van der Waals surface area contributed by atoms with Crippen LogP contribution in [0.2, 0.25) is 0 Å². The van der Waals surface area contributed by atoms with Crippen LogP contribution >= 0.6 is 0 Å². The first kappa shape index (κ1) is 12.9. The molecule has 1 saturated carbocycles. The van der Waals surface area contributed by atoms with Crippen LogP contribution in [0.5, 0.6) is 0 Å². The number of ether oxygens (including phenoxy) is 1. The zero-order chi connectivity index (χ0) is 11.5. The van der Waals surface area contributed by atoms with Gasteiger partial charge >= 0.3 is 0 Å². The molecule has 0 aromatic carbocycles. The van der Waals surface area contributed by atoms with Crippen molar-refractivity contribution in [1.82, 2.24) is 0 Å². The SMILES string of the molecule is CC1CC(C)(C)CC1(CN)OCCCO. The van der Waals surface area contributed by atoms with Crippen LogP contribution in [0.3, 0.4) is 0 Å². The first-order chi connectivity index (χ1) is 6.96. The van der Waals surface area contributed by atoms with Crippen LogP contribution in [-0.2, 0) is 4.74 Å². The van der Waals surface area contributed by atoms with Gasteiger partial charge in [-0.05, 0) is 30.6 Å². The summed E-state index contributed by atoms with van der Waals surface area (Å²) in [6.45, 7) is 8.17. The summed E-state index contributed by atoms with van der Waals surface area (Å²) in [5.74, 6) is 0.510. The summed E-state index contributed by atoms with van der Waals surface area (Å²) in [4.78, 5) is 0. The van der Waals surface area contributed by atoms with Crippen molar-refractivity contribution < 1.29 is 9.84 Å². The van der Waals surface area contributed by atoms with E-state index in [0.717, 1.165) is 6.42 Å². The van der Waals surface area contributed by atoms with E-state index in [2.05, 4.69) is 20.8 Å². The molecule has 1 rings (SSSR count). The molecule has 15 heavy (non-hydrogen) atoms. The molecule has 0 aromatic rings. The summed E-state index contributed by atoms with van der Waals surface area (Å²) in [7, 11) is 0. The molecular formula is C12H25NO2. The average Bonchev–Trinajstić information content (AvgIpc) is 2.37. The molecule has 2 unspecified atom stereocenters. The molecule has 0 aromatic heterocycles. The quantitative estimate of drug-likeness (QED) is 0.684. The molecule has 3 heteroatoms. The summed E-state index contributed by atoms with van der Waals surface area (Å²) >= 11 is 0. The molecule has 2 atom stereocenters. The van der Waals surface area contributed by atoms with Gasteiger partial charge in [0.1, 0.15) is 0 Å². The molecule has 0 bridgehead atoms. The molecule has 0 saturated heterocycles. The van der Waals surface area contributed by atoms with Crippen LogP contribution in [0.15, 0.2) is 0 Å². The molecule has 1 fully saturated rings. The van der Waals surface area contributed by atoms with Gasteiger partial charge in [0.2, 0.25) is 0 Å². The molecule has 1 aliphatic rings. The summed E-state index contributed by atoms with van der Waals surface area (Å²) in [5.41, 5.74) is 6.05. The predicted molar refractivity (Wildman–Crippen MR) is 61.6 cm³/mol. The van der Waals surface area contributed by atoms with Gasteiger partial charge in [-0.1, -0.05) is 20.8 Å². The normalized spacial score (nSPS) is 34.6. The van der Waals surface area contributed by atoms with Gasteiger partial charge in [-0.15, -0.1) is 0 Å². The summed E-state index contributed by atoms with van der Waals surface area (Å²) in [6.07, 6.45) is 2.90. The fourth-order valence-electron chi connectivity index (χ4n) is 2.94. The highest BCUT2D eigenvalue weighted by atomic mass is 16.5. The monoisotopic (exact) mass is 215 g/mol. The van der Waals surface area contributed by atoms with Gasteiger partial charge in [0.05, 0.1) is 5.60 Å². The molecule has 3 N–H and O–H groups in total. The number of rotatable bonds is 5. The highest BCUT2D eigenvalue weighted by molar-refractivity contribution is 5.00. The standard InChI is InChI=1S/C12H25NO2/c1-10-7-11(2,3)8-12(10,9-13)15-6-4-5-14/h10,14H,4-9,13H2,1-3H3. The van der Waals surface area contributed by atoms with Crippen molar-refractivity contribution in [2.75, 3.05) is 19.8 Å². The van der Waals surface area contributed by atoms with E-state index in [1.54, 1.807) is 0 Å². The van der Waals surface area contributed by atoms with Gasteiger partial charge in [0.15, 0.2) is 0 Å². The molecule has 0 radical (unpaired) electrons. The Balaban J connectivity index is 2.60. The Kier molecular flexibility index (Phi) is 4.15. The van der Waals surface area contributed by atoms with E-state index < -0.39 is 0 Å². The van der Waals surface area contributed by atoms with Crippen molar-refractivity contribution in [3.8, 4) is 0 Å². The van der Waals surface area contributed by atoms with E-state index in [1.165, 1.54) is 6.42 Å². The highest BCUT2D eigenvalue weighted by Gasteiger charge is 2.48. The predicted octanol–water partition coefficient (Wildman–Crippen LogP) is 1.54. The maximum atomic E-state index is 8.75. The minimum absolute atomic E-state index is 0.154. The average molecular weight is 215 g/mol. The lowest BCUT2D eigenvalue weighted by Gasteiger charge is -2.33. The first-order valence-corrected chi connectivity index (χ1v) is 5.91. The molecular weight excluding hydrogens is 190 g/mol. The number of aliphatic hydroxyl groups excluding tert-OH is 1. The Bertz CT molecular complexity index is 206. The number of aliphatic hydroxyl groups is 1. The number of hydrogen-bond acceptors (Lipinski definition) is 3. The molecule has 0 amide bonds. The summed E-state index contributed by atoms with van der Waals surface area (Å²) in [5, 5.41) is 8.75. The van der Waals surface area contributed by atoms with Crippen LogP contribution < -0.4 is 5.73 Å². The first-order valence-electron chi connectivity index (χ1n) is 5.91. The lowest BCUT2D eigenvalue weighted by Crippen LogP contribution is -2.44. The van der Waals surface area contributed by atoms with Crippen LogP contribution in [0, 0.1) is 11.3 Å². The van der Waals surface area contributed by atoms with E-state index in [9.17, 15) is 0 Å². The zero-order valence-corrected chi connectivity index (χ0v) is 10.3.